The smallest absolute Gasteiger partial charge is 0.256 e. The monoisotopic (exact) mass is 466 g/mol. The zero-order valence-electron chi connectivity index (χ0n) is 16.3. The van der Waals surface area contributed by atoms with Gasteiger partial charge >= 0.3 is 0 Å². The van der Waals surface area contributed by atoms with E-state index in [0.29, 0.717) is 10.9 Å². The first-order valence-corrected chi connectivity index (χ1v) is 13.7. The van der Waals surface area contributed by atoms with E-state index in [-0.39, 0.29) is 10.5 Å². The van der Waals surface area contributed by atoms with E-state index < -0.39 is 15.7 Å². The molecule has 3 rings (SSSR count). The number of benzene rings is 2. The van der Waals surface area contributed by atoms with E-state index in [9.17, 15) is 13.2 Å². The Hall–Kier alpha value is -1.55. The van der Waals surface area contributed by atoms with Crippen LogP contribution in [0.5, 0.6) is 0 Å². The molecule has 1 aromatic heterocycles. The van der Waals surface area contributed by atoms with Crippen molar-refractivity contribution in [3.8, 4) is 0 Å². The summed E-state index contributed by atoms with van der Waals surface area (Å²) in [7, 11) is -3.49. The van der Waals surface area contributed by atoms with Crippen LogP contribution < -0.4 is 5.32 Å². The van der Waals surface area contributed by atoms with Crippen molar-refractivity contribution < 1.29 is 13.2 Å². The lowest BCUT2D eigenvalue weighted by Crippen LogP contribution is -2.15. The summed E-state index contributed by atoms with van der Waals surface area (Å²) >= 11 is 5.27. The minimum Gasteiger partial charge on any atom is -0.322 e. The van der Waals surface area contributed by atoms with Gasteiger partial charge in [-0.2, -0.15) is 11.8 Å². The van der Waals surface area contributed by atoms with Crippen LogP contribution >= 0.6 is 34.9 Å². The van der Waals surface area contributed by atoms with Crippen molar-refractivity contribution in [3.05, 3.63) is 48.0 Å². The number of thiazole rings is 1. The molecule has 1 heterocycles. The number of amides is 1. The van der Waals surface area contributed by atoms with Gasteiger partial charge in [0.25, 0.3) is 5.91 Å². The van der Waals surface area contributed by atoms with Crippen molar-refractivity contribution in [3.63, 3.8) is 0 Å². The van der Waals surface area contributed by atoms with Gasteiger partial charge in [-0.3, -0.25) is 4.79 Å². The average molecular weight is 467 g/mol. The molecule has 3 aromatic rings. The number of carbonyl (C=O) groups excluding carboxylic acids is 1. The standard InChI is InChI=1S/C20H22N2O3S4/c1-13(2)26-10-11-27-20-22-16-9-8-14(12-17(16)28-20)21-19(23)15-6-4-5-7-18(15)29(3,24)25/h4-9,12-13H,10-11H2,1-3H3,(H,21,23). The Morgan fingerprint density at radius 1 is 1.17 bits per heavy atom. The highest BCUT2D eigenvalue weighted by Gasteiger charge is 2.18. The van der Waals surface area contributed by atoms with Crippen molar-refractivity contribution in [2.75, 3.05) is 23.1 Å². The highest BCUT2D eigenvalue weighted by Crippen LogP contribution is 2.32. The molecular weight excluding hydrogens is 444 g/mol. The minimum atomic E-state index is -3.49. The number of nitrogens with one attached hydrogen (secondary N) is 1. The number of aromatic nitrogens is 1. The predicted molar refractivity (Wildman–Crippen MR) is 125 cm³/mol. The molecule has 0 fully saturated rings. The van der Waals surface area contributed by atoms with Gasteiger partial charge in [-0.05, 0) is 35.6 Å². The normalized spacial score (nSPS) is 11.9. The van der Waals surface area contributed by atoms with Crippen LogP contribution in [0.3, 0.4) is 0 Å². The van der Waals surface area contributed by atoms with Gasteiger partial charge < -0.3 is 5.32 Å². The van der Waals surface area contributed by atoms with Crippen molar-refractivity contribution in [1.29, 1.82) is 0 Å². The summed E-state index contributed by atoms with van der Waals surface area (Å²) in [5, 5.41) is 3.43. The van der Waals surface area contributed by atoms with Crippen molar-refractivity contribution in [1.82, 2.24) is 4.98 Å². The minimum absolute atomic E-state index is 0.0225. The number of carbonyl (C=O) groups is 1. The maximum absolute atomic E-state index is 12.7. The first-order chi connectivity index (χ1) is 13.7. The van der Waals surface area contributed by atoms with Crippen LogP contribution in [0.25, 0.3) is 10.2 Å². The van der Waals surface area contributed by atoms with Crippen molar-refractivity contribution in [2.24, 2.45) is 0 Å². The number of hydrogen-bond donors (Lipinski definition) is 1. The molecule has 0 aliphatic rings. The molecule has 5 nitrogen and oxygen atoms in total. The summed E-state index contributed by atoms with van der Waals surface area (Å²) in [6, 6.07) is 11.7. The van der Waals surface area contributed by atoms with Gasteiger partial charge in [0.15, 0.2) is 14.2 Å². The van der Waals surface area contributed by atoms with Crippen LogP contribution in [0.1, 0.15) is 24.2 Å². The predicted octanol–water partition coefficient (Wildman–Crippen LogP) is 5.19. The number of hydrogen-bond acceptors (Lipinski definition) is 7. The highest BCUT2D eigenvalue weighted by atomic mass is 32.2. The summed E-state index contributed by atoms with van der Waals surface area (Å²) in [6.45, 7) is 4.38. The molecule has 29 heavy (non-hydrogen) atoms. The van der Waals surface area contributed by atoms with Gasteiger partial charge in [0.2, 0.25) is 0 Å². The van der Waals surface area contributed by atoms with Crippen LogP contribution in [0.4, 0.5) is 5.69 Å². The molecule has 1 N–H and O–H groups in total. The van der Waals surface area contributed by atoms with Gasteiger partial charge in [-0.25, -0.2) is 13.4 Å². The fourth-order valence-electron chi connectivity index (χ4n) is 2.63. The molecule has 0 spiro atoms. The van der Waals surface area contributed by atoms with Gasteiger partial charge in [0, 0.05) is 23.4 Å². The largest absolute Gasteiger partial charge is 0.322 e. The molecular formula is C20H22N2O3S4. The average Bonchev–Trinajstić information content (AvgIpc) is 3.06. The molecule has 0 unspecified atom stereocenters. The fourth-order valence-corrected chi connectivity index (χ4v) is 6.54. The van der Waals surface area contributed by atoms with Crippen LogP contribution in [0.2, 0.25) is 0 Å². The number of thioether (sulfide) groups is 2. The highest BCUT2D eigenvalue weighted by molar-refractivity contribution is 8.04. The second-order valence-corrected chi connectivity index (χ2v) is 12.7. The Morgan fingerprint density at radius 3 is 2.66 bits per heavy atom. The first kappa shape index (κ1) is 22.1. The maximum Gasteiger partial charge on any atom is 0.256 e. The van der Waals surface area contributed by atoms with E-state index in [2.05, 4.69) is 24.1 Å². The van der Waals surface area contributed by atoms with E-state index >= 15 is 0 Å². The number of rotatable bonds is 8. The van der Waals surface area contributed by atoms with E-state index in [0.717, 1.165) is 32.3 Å². The number of anilines is 1. The lowest BCUT2D eigenvalue weighted by atomic mass is 10.2. The molecule has 2 aromatic carbocycles. The summed E-state index contributed by atoms with van der Waals surface area (Å²) in [5.74, 6) is 1.64. The van der Waals surface area contributed by atoms with Crippen molar-refractivity contribution >= 4 is 66.5 Å². The third-order valence-electron chi connectivity index (χ3n) is 3.92. The third kappa shape index (κ3) is 5.97. The molecule has 154 valence electrons. The Kier molecular flexibility index (Phi) is 7.26. The van der Waals surface area contributed by atoms with E-state index in [4.69, 9.17) is 0 Å². The summed E-state index contributed by atoms with van der Waals surface area (Å²) in [5.41, 5.74) is 1.64. The Morgan fingerprint density at radius 2 is 1.93 bits per heavy atom. The summed E-state index contributed by atoms with van der Waals surface area (Å²) in [4.78, 5) is 17.3. The molecule has 0 aliphatic heterocycles. The molecule has 0 saturated carbocycles. The molecule has 9 heteroatoms. The van der Waals surface area contributed by atoms with E-state index in [1.165, 1.54) is 12.1 Å². The van der Waals surface area contributed by atoms with Crippen molar-refractivity contribution in [2.45, 2.75) is 28.3 Å². The number of fused-ring (bicyclic) bond motifs is 1. The molecule has 0 bridgehead atoms. The first-order valence-electron chi connectivity index (χ1n) is 8.99. The van der Waals surface area contributed by atoms with Crippen LogP contribution in [0.15, 0.2) is 51.7 Å². The fraction of sp³-hybridized carbons (Fsp3) is 0.300. The molecule has 1 amide bonds. The van der Waals surface area contributed by atoms with Gasteiger partial charge in [-0.1, -0.05) is 37.7 Å². The number of sulfone groups is 1. The zero-order valence-corrected chi connectivity index (χ0v) is 19.6. The third-order valence-corrected chi connectivity index (χ3v) is 8.60. The summed E-state index contributed by atoms with van der Waals surface area (Å²) < 4.78 is 25.9. The lowest BCUT2D eigenvalue weighted by Gasteiger charge is -2.09. The van der Waals surface area contributed by atoms with Crippen LogP contribution in [-0.4, -0.2) is 42.3 Å². The Labute approximate surface area is 183 Å². The second kappa shape index (κ2) is 9.51. The maximum atomic E-state index is 12.7. The molecule has 0 radical (unpaired) electrons. The van der Waals surface area contributed by atoms with Gasteiger partial charge in [0.1, 0.15) is 0 Å². The molecule has 0 aliphatic carbocycles. The number of nitrogens with zero attached hydrogens (tertiary/aromatic N) is 1. The van der Waals surface area contributed by atoms with E-state index in [1.807, 2.05) is 23.9 Å². The zero-order chi connectivity index (χ0) is 21.0. The quantitative estimate of drug-likeness (QED) is 0.364. The Bertz CT molecular complexity index is 1120. The van der Waals surface area contributed by atoms with E-state index in [1.54, 1.807) is 41.3 Å². The topological polar surface area (TPSA) is 76.1 Å². The van der Waals surface area contributed by atoms with Crippen LogP contribution in [-0.2, 0) is 9.84 Å². The second-order valence-electron chi connectivity index (χ2n) is 6.65. The Balaban J connectivity index is 1.74. The lowest BCUT2D eigenvalue weighted by molar-refractivity contribution is 0.102. The summed E-state index contributed by atoms with van der Waals surface area (Å²) in [6.07, 6.45) is 1.10. The SMILES string of the molecule is CC(C)SCCSc1nc2ccc(NC(=O)c3ccccc3S(C)(=O)=O)cc2s1. The van der Waals surface area contributed by atoms with Crippen LogP contribution in [0, 0.1) is 0 Å². The van der Waals surface area contributed by atoms with Gasteiger partial charge in [0.05, 0.1) is 20.7 Å². The molecule has 0 atom stereocenters. The molecule has 0 saturated heterocycles. The van der Waals surface area contributed by atoms with Gasteiger partial charge in [-0.15, -0.1) is 11.3 Å².